The first-order valence-electron chi connectivity index (χ1n) is 8.30. The molecule has 0 unspecified atom stereocenters. The topological polar surface area (TPSA) is 41.6 Å². The summed E-state index contributed by atoms with van der Waals surface area (Å²) in [5.74, 6) is -0.240. The summed E-state index contributed by atoms with van der Waals surface area (Å²) < 4.78 is 19.6. The van der Waals surface area contributed by atoms with Gasteiger partial charge >= 0.3 is 6.09 Å². The summed E-state index contributed by atoms with van der Waals surface area (Å²) in [4.78, 5) is 14.2. The maximum absolute atomic E-state index is 13.8. The van der Waals surface area contributed by atoms with Crippen LogP contribution in [0.4, 0.5) is 9.18 Å². The summed E-state index contributed by atoms with van der Waals surface area (Å²) in [6.07, 6.45) is 1.56. The second-order valence-corrected chi connectivity index (χ2v) is 8.27. The molecule has 0 aromatic heterocycles. The van der Waals surface area contributed by atoms with Crippen molar-refractivity contribution in [1.82, 2.24) is 10.2 Å². The van der Waals surface area contributed by atoms with Crippen molar-refractivity contribution < 1.29 is 13.9 Å². The number of likely N-dealkylation sites (tertiary alicyclic amines) is 1. The molecule has 0 radical (unpaired) electrons. The molecule has 1 amide bonds. The van der Waals surface area contributed by atoms with E-state index in [9.17, 15) is 9.18 Å². The lowest BCUT2D eigenvalue weighted by molar-refractivity contribution is 0.0470. The van der Waals surface area contributed by atoms with E-state index < -0.39 is 5.60 Å². The third-order valence-corrected chi connectivity index (χ3v) is 4.61. The van der Waals surface area contributed by atoms with Gasteiger partial charge in [-0.15, -0.1) is 0 Å². The molecule has 0 spiro atoms. The van der Waals surface area contributed by atoms with Crippen LogP contribution in [0.25, 0.3) is 0 Å². The van der Waals surface area contributed by atoms with Crippen LogP contribution in [0, 0.1) is 12.7 Å². The minimum atomic E-state index is -0.496. The number of nitrogens with one attached hydrogen (secondary N) is 1. The normalized spacial score (nSPS) is 19.2. The van der Waals surface area contributed by atoms with Gasteiger partial charge in [-0.05, 0) is 86.3 Å². The molecule has 1 aliphatic rings. The highest BCUT2D eigenvalue weighted by atomic mass is 79.9. The minimum Gasteiger partial charge on any atom is -0.444 e. The quantitative estimate of drug-likeness (QED) is 0.817. The molecule has 1 aromatic carbocycles. The molecule has 0 saturated carbocycles. The van der Waals surface area contributed by atoms with Crippen LogP contribution in [0.2, 0.25) is 0 Å². The Morgan fingerprint density at radius 2 is 2.17 bits per heavy atom. The van der Waals surface area contributed by atoms with Gasteiger partial charge in [0.05, 0.1) is 4.47 Å². The molecule has 1 aliphatic heterocycles. The standard InChI is InChI=1S/C18H26BrFN2O2/c1-12-8-15(19)16(20)9-13(12)10-22-7-5-6-14(11-22)21-17(23)24-18(2,3)4/h8-9,14H,5-7,10-11H2,1-4H3,(H,21,23)/t14-/m0/s1. The predicted molar refractivity (Wildman–Crippen MR) is 96.5 cm³/mol. The van der Waals surface area contributed by atoms with Crippen molar-refractivity contribution in [2.24, 2.45) is 0 Å². The molecule has 1 atom stereocenters. The number of aryl methyl sites for hydroxylation is 1. The van der Waals surface area contributed by atoms with Gasteiger partial charge in [0.25, 0.3) is 0 Å². The van der Waals surface area contributed by atoms with E-state index >= 15 is 0 Å². The number of piperidine rings is 1. The van der Waals surface area contributed by atoms with Gasteiger partial charge in [-0.25, -0.2) is 9.18 Å². The molecule has 6 heteroatoms. The Balaban J connectivity index is 1.94. The molecule has 24 heavy (non-hydrogen) atoms. The lowest BCUT2D eigenvalue weighted by Crippen LogP contribution is -2.48. The van der Waals surface area contributed by atoms with E-state index in [1.165, 1.54) is 0 Å². The van der Waals surface area contributed by atoms with Crippen LogP contribution in [0.15, 0.2) is 16.6 Å². The number of alkyl carbamates (subject to hydrolysis) is 1. The average Bonchev–Trinajstić information content (AvgIpc) is 2.43. The van der Waals surface area contributed by atoms with E-state index in [0.717, 1.165) is 37.1 Å². The number of halogens is 2. The predicted octanol–water partition coefficient (Wildman–Crippen LogP) is 4.39. The van der Waals surface area contributed by atoms with E-state index in [0.29, 0.717) is 11.0 Å². The monoisotopic (exact) mass is 400 g/mol. The van der Waals surface area contributed by atoms with Gasteiger partial charge in [0.15, 0.2) is 0 Å². The fourth-order valence-electron chi connectivity index (χ4n) is 2.89. The van der Waals surface area contributed by atoms with Gasteiger partial charge in [-0.3, -0.25) is 4.90 Å². The molecule has 1 heterocycles. The largest absolute Gasteiger partial charge is 0.444 e. The first-order chi connectivity index (χ1) is 11.1. The van der Waals surface area contributed by atoms with Crippen molar-refractivity contribution in [1.29, 1.82) is 0 Å². The van der Waals surface area contributed by atoms with E-state index in [1.54, 1.807) is 6.07 Å². The summed E-state index contributed by atoms with van der Waals surface area (Å²) in [6.45, 7) is 9.92. The summed E-state index contributed by atoms with van der Waals surface area (Å²) in [6, 6.07) is 3.46. The molecule has 134 valence electrons. The summed E-state index contributed by atoms with van der Waals surface area (Å²) in [5, 5.41) is 2.94. The van der Waals surface area contributed by atoms with Crippen molar-refractivity contribution in [3.63, 3.8) is 0 Å². The number of amides is 1. The van der Waals surface area contributed by atoms with Crippen molar-refractivity contribution in [3.8, 4) is 0 Å². The molecule has 2 rings (SSSR count). The summed E-state index contributed by atoms with van der Waals surface area (Å²) >= 11 is 3.22. The molecule has 4 nitrogen and oxygen atoms in total. The lowest BCUT2D eigenvalue weighted by Gasteiger charge is -2.34. The maximum atomic E-state index is 13.8. The van der Waals surface area contributed by atoms with Gasteiger partial charge in [0.2, 0.25) is 0 Å². The van der Waals surface area contributed by atoms with Crippen LogP contribution >= 0.6 is 15.9 Å². The number of nitrogens with zero attached hydrogens (tertiary/aromatic N) is 1. The smallest absolute Gasteiger partial charge is 0.407 e. The third kappa shape index (κ3) is 5.74. The number of hydrogen-bond acceptors (Lipinski definition) is 3. The van der Waals surface area contributed by atoms with Crippen molar-refractivity contribution in [3.05, 3.63) is 33.5 Å². The number of rotatable bonds is 3. The zero-order valence-corrected chi connectivity index (χ0v) is 16.4. The molecule has 1 saturated heterocycles. The number of carbonyl (C=O) groups is 1. The van der Waals surface area contributed by atoms with Crippen LogP contribution in [0.1, 0.15) is 44.7 Å². The van der Waals surface area contributed by atoms with Gasteiger partial charge < -0.3 is 10.1 Å². The van der Waals surface area contributed by atoms with Crippen molar-refractivity contribution in [2.75, 3.05) is 13.1 Å². The highest BCUT2D eigenvalue weighted by Crippen LogP contribution is 2.23. The Labute approximate surface area is 151 Å². The average molecular weight is 401 g/mol. The number of carbonyl (C=O) groups excluding carboxylic acids is 1. The summed E-state index contributed by atoms with van der Waals surface area (Å²) in [5.41, 5.74) is 1.55. The molecule has 1 fully saturated rings. The number of ether oxygens (including phenoxy) is 1. The second kappa shape index (κ2) is 7.83. The van der Waals surface area contributed by atoms with Crippen LogP contribution in [0.3, 0.4) is 0 Å². The SMILES string of the molecule is Cc1cc(Br)c(F)cc1CN1CCC[C@H](NC(=O)OC(C)(C)C)C1. The van der Waals surface area contributed by atoms with Gasteiger partial charge in [0.1, 0.15) is 11.4 Å². The number of benzene rings is 1. The zero-order valence-electron chi connectivity index (χ0n) is 14.8. The zero-order chi connectivity index (χ0) is 17.9. The molecule has 1 N–H and O–H groups in total. The maximum Gasteiger partial charge on any atom is 0.407 e. The first-order valence-corrected chi connectivity index (χ1v) is 9.10. The fraction of sp³-hybridized carbons (Fsp3) is 0.611. The van der Waals surface area contributed by atoms with E-state index in [-0.39, 0.29) is 18.0 Å². The Bertz CT molecular complexity index is 601. The Morgan fingerprint density at radius 3 is 2.83 bits per heavy atom. The van der Waals surface area contributed by atoms with E-state index in [2.05, 4.69) is 26.1 Å². The van der Waals surface area contributed by atoms with Crippen LogP contribution in [-0.4, -0.2) is 35.7 Å². The minimum absolute atomic E-state index is 0.0641. The van der Waals surface area contributed by atoms with Gasteiger partial charge in [-0.2, -0.15) is 0 Å². The third-order valence-electron chi connectivity index (χ3n) is 4.00. The molecule has 0 bridgehead atoms. The van der Waals surface area contributed by atoms with Gasteiger partial charge in [-0.1, -0.05) is 0 Å². The fourth-order valence-corrected chi connectivity index (χ4v) is 3.35. The second-order valence-electron chi connectivity index (χ2n) is 7.41. The highest BCUT2D eigenvalue weighted by molar-refractivity contribution is 9.10. The van der Waals surface area contributed by atoms with Crippen molar-refractivity contribution in [2.45, 2.75) is 58.7 Å². The van der Waals surface area contributed by atoms with Crippen LogP contribution in [0.5, 0.6) is 0 Å². The van der Waals surface area contributed by atoms with Crippen molar-refractivity contribution >= 4 is 22.0 Å². The van der Waals surface area contributed by atoms with E-state index in [4.69, 9.17) is 4.74 Å². The van der Waals surface area contributed by atoms with Crippen LogP contribution < -0.4 is 5.32 Å². The number of hydrogen-bond donors (Lipinski definition) is 1. The van der Waals surface area contributed by atoms with Gasteiger partial charge in [0, 0.05) is 19.1 Å². The van der Waals surface area contributed by atoms with E-state index in [1.807, 2.05) is 33.8 Å². The Kier molecular flexibility index (Phi) is 6.26. The highest BCUT2D eigenvalue weighted by Gasteiger charge is 2.24. The molecule has 1 aromatic rings. The molecular weight excluding hydrogens is 375 g/mol. The lowest BCUT2D eigenvalue weighted by atomic mass is 10.0. The summed E-state index contributed by atoms with van der Waals surface area (Å²) in [7, 11) is 0. The first kappa shape index (κ1) is 19.2. The molecular formula is C18H26BrFN2O2. The Hall–Kier alpha value is -1.14. The Morgan fingerprint density at radius 1 is 1.46 bits per heavy atom. The molecule has 0 aliphatic carbocycles. The van der Waals surface area contributed by atoms with Crippen LogP contribution in [-0.2, 0) is 11.3 Å².